The van der Waals surface area contributed by atoms with Crippen LogP contribution in [0.25, 0.3) is 0 Å². The number of aliphatic hydroxyl groups is 2. The molecular weight excluding hydrogens is 153 g/mol. The molecule has 0 aliphatic carbocycles. The van der Waals surface area contributed by atoms with E-state index in [1.165, 1.54) is 0 Å². The third-order valence-corrected chi connectivity index (χ3v) is 1.79. The summed E-state index contributed by atoms with van der Waals surface area (Å²) in [6.45, 7) is -0.0333. The Morgan fingerprint density at radius 3 is 2.73 bits per heavy atom. The Morgan fingerprint density at radius 2 is 2.18 bits per heavy atom. The van der Waals surface area contributed by atoms with Crippen molar-refractivity contribution in [1.29, 1.82) is 0 Å². The molecule has 1 saturated heterocycles. The number of alkyl halides is 1. The first kappa shape index (κ1) is 8.86. The van der Waals surface area contributed by atoms with Crippen LogP contribution in [0.3, 0.4) is 0 Å². The van der Waals surface area contributed by atoms with Crippen LogP contribution in [-0.2, 0) is 4.74 Å². The van der Waals surface area contributed by atoms with E-state index in [0.717, 1.165) is 0 Å². The molecule has 0 saturated carbocycles. The zero-order valence-electron chi connectivity index (χ0n) is 5.98. The van der Waals surface area contributed by atoms with Gasteiger partial charge in [-0.3, -0.25) is 0 Å². The maximum absolute atomic E-state index is 12.8. The molecule has 0 amide bonds. The zero-order valence-corrected chi connectivity index (χ0v) is 5.98. The van der Waals surface area contributed by atoms with Crippen LogP contribution in [0.4, 0.5) is 4.39 Å². The van der Waals surface area contributed by atoms with E-state index in [1.54, 1.807) is 0 Å². The van der Waals surface area contributed by atoms with Crippen molar-refractivity contribution in [2.75, 3.05) is 13.2 Å². The van der Waals surface area contributed by atoms with Gasteiger partial charge in [-0.25, -0.2) is 4.39 Å². The minimum Gasteiger partial charge on any atom is -0.388 e. The second kappa shape index (κ2) is 3.44. The highest BCUT2D eigenvalue weighted by molar-refractivity contribution is 4.87. The molecule has 1 aliphatic heterocycles. The summed E-state index contributed by atoms with van der Waals surface area (Å²) in [5.74, 6) is 0. The number of nitrogens with two attached hydrogens (primary N) is 1. The van der Waals surface area contributed by atoms with Crippen molar-refractivity contribution in [2.24, 2.45) is 5.73 Å². The summed E-state index contributed by atoms with van der Waals surface area (Å²) in [6, 6.07) is 0. The van der Waals surface area contributed by atoms with Crippen LogP contribution in [0.2, 0.25) is 0 Å². The van der Waals surface area contributed by atoms with E-state index in [4.69, 9.17) is 20.7 Å². The Labute approximate surface area is 63.8 Å². The maximum atomic E-state index is 12.8. The molecule has 66 valence electrons. The lowest BCUT2D eigenvalue weighted by atomic mass is 10.0. The van der Waals surface area contributed by atoms with Gasteiger partial charge in [-0.2, -0.15) is 0 Å². The molecule has 0 spiro atoms. The third-order valence-electron chi connectivity index (χ3n) is 1.79. The van der Waals surface area contributed by atoms with Crippen molar-refractivity contribution in [1.82, 2.24) is 0 Å². The van der Waals surface area contributed by atoms with Crippen LogP contribution in [0.1, 0.15) is 0 Å². The number of hydrogen-bond donors (Lipinski definition) is 3. The lowest BCUT2D eigenvalue weighted by Crippen LogP contribution is -2.53. The van der Waals surface area contributed by atoms with Gasteiger partial charge in [0.2, 0.25) is 0 Å². The van der Waals surface area contributed by atoms with E-state index in [9.17, 15) is 4.39 Å². The smallest absolute Gasteiger partial charge is 0.156 e. The lowest BCUT2D eigenvalue weighted by molar-refractivity contribution is -0.160. The van der Waals surface area contributed by atoms with Gasteiger partial charge in [-0.05, 0) is 0 Å². The van der Waals surface area contributed by atoms with Gasteiger partial charge in [0.1, 0.15) is 12.2 Å². The van der Waals surface area contributed by atoms with Gasteiger partial charge in [0.05, 0.1) is 12.7 Å². The average Bonchev–Trinajstić information content (AvgIpc) is 2.01. The summed E-state index contributed by atoms with van der Waals surface area (Å²) in [7, 11) is 0. The molecule has 5 heteroatoms. The minimum absolute atomic E-state index is 0.0638. The second-order valence-corrected chi connectivity index (χ2v) is 2.61. The molecule has 1 aliphatic rings. The number of rotatable bonds is 1. The maximum Gasteiger partial charge on any atom is 0.156 e. The van der Waals surface area contributed by atoms with Gasteiger partial charge in [-0.1, -0.05) is 0 Å². The van der Waals surface area contributed by atoms with Gasteiger partial charge in [0, 0.05) is 6.54 Å². The number of aliphatic hydroxyl groups excluding tert-OH is 2. The van der Waals surface area contributed by atoms with E-state index in [0.29, 0.717) is 0 Å². The van der Waals surface area contributed by atoms with Crippen molar-refractivity contribution in [3.63, 3.8) is 0 Å². The first-order chi connectivity index (χ1) is 5.16. The predicted molar refractivity (Wildman–Crippen MR) is 35.7 cm³/mol. The van der Waals surface area contributed by atoms with Crippen LogP contribution >= 0.6 is 0 Å². The fraction of sp³-hybridized carbons (Fsp3) is 1.00. The van der Waals surface area contributed by atoms with Crippen molar-refractivity contribution in [3.8, 4) is 0 Å². The fourth-order valence-electron chi connectivity index (χ4n) is 1.05. The van der Waals surface area contributed by atoms with Crippen molar-refractivity contribution in [3.05, 3.63) is 0 Å². The standard InChI is InChI=1S/C6H12FNO3/c7-5-3(9)2-11-4(1-8)6(5)10/h3-6,9-10H,1-2,8H2. The molecule has 0 bridgehead atoms. The molecule has 0 aromatic rings. The van der Waals surface area contributed by atoms with E-state index >= 15 is 0 Å². The minimum atomic E-state index is -1.64. The first-order valence-electron chi connectivity index (χ1n) is 3.48. The van der Waals surface area contributed by atoms with Gasteiger partial charge < -0.3 is 20.7 Å². The highest BCUT2D eigenvalue weighted by Gasteiger charge is 2.37. The molecule has 1 rings (SSSR count). The lowest BCUT2D eigenvalue weighted by Gasteiger charge is -2.33. The SMILES string of the molecule is NCC1OCC(O)C(F)C1O. The van der Waals surface area contributed by atoms with Gasteiger partial charge in [0.15, 0.2) is 6.17 Å². The number of ether oxygens (including phenoxy) is 1. The van der Waals surface area contributed by atoms with Crippen LogP contribution in [0.15, 0.2) is 0 Å². The Balaban J connectivity index is 2.52. The summed E-state index contributed by atoms with van der Waals surface area (Å²) in [6.07, 6.45) is -4.86. The van der Waals surface area contributed by atoms with Crippen LogP contribution in [0.5, 0.6) is 0 Å². The average molecular weight is 165 g/mol. The molecule has 4 nitrogen and oxygen atoms in total. The topological polar surface area (TPSA) is 75.7 Å². The fourth-order valence-corrected chi connectivity index (χ4v) is 1.05. The highest BCUT2D eigenvalue weighted by atomic mass is 19.1. The zero-order chi connectivity index (χ0) is 8.43. The molecule has 0 radical (unpaired) electrons. The largest absolute Gasteiger partial charge is 0.388 e. The quantitative estimate of drug-likeness (QED) is 0.437. The van der Waals surface area contributed by atoms with Gasteiger partial charge in [0.25, 0.3) is 0 Å². The normalized spacial score (nSPS) is 45.8. The molecule has 1 heterocycles. The molecule has 0 aromatic heterocycles. The Kier molecular flexibility index (Phi) is 2.78. The summed E-state index contributed by atoms with van der Waals surface area (Å²) in [4.78, 5) is 0. The van der Waals surface area contributed by atoms with Crippen molar-refractivity contribution in [2.45, 2.75) is 24.5 Å². The molecular formula is C6H12FNO3. The van der Waals surface area contributed by atoms with E-state index < -0.39 is 24.5 Å². The number of halogens is 1. The first-order valence-corrected chi connectivity index (χ1v) is 3.48. The summed E-state index contributed by atoms with van der Waals surface area (Å²) >= 11 is 0. The molecule has 4 N–H and O–H groups in total. The van der Waals surface area contributed by atoms with E-state index in [-0.39, 0.29) is 13.2 Å². The van der Waals surface area contributed by atoms with Crippen molar-refractivity contribution >= 4 is 0 Å². The van der Waals surface area contributed by atoms with Gasteiger partial charge in [-0.15, -0.1) is 0 Å². The van der Waals surface area contributed by atoms with E-state index in [1.807, 2.05) is 0 Å². The van der Waals surface area contributed by atoms with Crippen LogP contribution in [0, 0.1) is 0 Å². The molecule has 0 aromatic carbocycles. The highest BCUT2D eigenvalue weighted by Crippen LogP contribution is 2.17. The molecule has 4 unspecified atom stereocenters. The van der Waals surface area contributed by atoms with Crippen LogP contribution < -0.4 is 5.73 Å². The predicted octanol–water partition coefficient (Wildman–Crippen LogP) is -1.60. The summed E-state index contributed by atoms with van der Waals surface area (Å²) < 4.78 is 17.6. The third kappa shape index (κ3) is 1.67. The summed E-state index contributed by atoms with van der Waals surface area (Å²) in [5, 5.41) is 17.9. The van der Waals surface area contributed by atoms with Crippen molar-refractivity contribution < 1.29 is 19.3 Å². The Bertz CT molecular complexity index is 133. The second-order valence-electron chi connectivity index (χ2n) is 2.61. The molecule has 4 atom stereocenters. The Morgan fingerprint density at radius 1 is 1.55 bits per heavy atom. The molecule has 1 fully saturated rings. The van der Waals surface area contributed by atoms with E-state index in [2.05, 4.69) is 0 Å². The van der Waals surface area contributed by atoms with Gasteiger partial charge >= 0.3 is 0 Å². The number of hydrogen-bond acceptors (Lipinski definition) is 4. The summed E-state index contributed by atoms with van der Waals surface area (Å²) in [5.41, 5.74) is 5.17. The van der Waals surface area contributed by atoms with Crippen LogP contribution in [-0.4, -0.2) is 47.8 Å². The monoisotopic (exact) mass is 165 g/mol. The Hall–Kier alpha value is -0.230. The molecule has 11 heavy (non-hydrogen) atoms.